The summed E-state index contributed by atoms with van der Waals surface area (Å²) in [6.45, 7) is 9.64. The zero-order valence-corrected chi connectivity index (χ0v) is 13.7. The summed E-state index contributed by atoms with van der Waals surface area (Å²) in [7, 11) is -4.50. The average molecular weight is 301 g/mol. The van der Waals surface area contributed by atoms with Crippen LogP contribution in [0.1, 0.15) is 68.4 Å². The van der Waals surface area contributed by atoms with Crippen LogP contribution in [0.4, 0.5) is 0 Å². The van der Waals surface area contributed by atoms with Gasteiger partial charge < -0.3 is 4.55 Å². The van der Waals surface area contributed by atoms with Crippen molar-refractivity contribution in [1.29, 1.82) is 0 Å². The first-order chi connectivity index (χ1) is 8.55. The number of rotatable bonds is 4. The maximum Gasteiger partial charge on any atom is 0.125 e. The van der Waals surface area contributed by atoms with Gasteiger partial charge in [-0.2, -0.15) is 12.6 Å². The maximum absolute atomic E-state index is 11.6. The first-order valence-electron chi connectivity index (χ1n) is 6.37. The molecular formula is C14H21O3S2-. The summed E-state index contributed by atoms with van der Waals surface area (Å²) >= 11 is 4.32. The van der Waals surface area contributed by atoms with E-state index in [1.807, 2.05) is 33.8 Å². The Morgan fingerprint density at radius 1 is 1.00 bits per heavy atom. The number of hydrogen-bond acceptors (Lipinski definition) is 4. The molecule has 0 saturated heterocycles. The van der Waals surface area contributed by atoms with E-state index in [-0.39, 0.29) is 22.0 Å². The molecule has 3 nitrogen and oxygen atoms in total. The Morgan fingerprint density at radius 3 is 1.79 bits per heavy atom. The van der Waals surface area contributed by atoms with Crippen LogP contribution in [0.15, 0.2) is 17.0 Å². The molecule has 0 radical (unpaired) electrons. The molecule has 1 unspecified atom stereocenters. The number of thiol groups is 1. The molecule has 0 aliphatic rings. The van der Waals surface area contributed by atoms with Gasteiger partial charge in [-0.25, -0.2) is 8.42 Å². The summed E-state index contributed by atoms with van der Waals surface area (Å²) in [6, 6.07) is 3.62. The Morgan fingerprint density at radius 2 is 1.47 bits per heavy atom. The van der Waals surface area contributed by atoms with Crippen molar-refractivity contribution >= 4 is 22.7 Å². The monoisotopic (exact) mass is 301 g/mol. The topological polar surface area (TPSA) is 57.2 Å². The maximum atomic E-state index is 11.6. The lowest BCUT2D eigenvalue weighted by molar-refractivity contribution is 0.460. The summed E-state index contributed by atoms with van der Waals surface area (Å²) in [5.74, 6) is 0.245. The molecule has 1 rings (SSSR count). The molecule has 0 bridgehead atoms. The Labute approximate surface area is 121 Å². The summed E-state index contributed by atoms with van der Waals surface area (Å²) in [5, 5.41) is -0.296. The first-order valence-corrected chi connectivity index (χ1v) is 8.29. The van der Waals surface area contributed by atoms with E-state index in [1.54, 1.807) is 13.0 Å². The van der Waals surface area contributed by atoms with Crippen LogP contribution in [-0.2, 0) is 10.1 Å². The van der Waals surface area contributed by atoms with Crippen molar-refractivity contribution in [1.82, 2.24) is 0 Å². The van der Waals surface area contributed by atoms with Gasteiger partial charge in [0.15, 0.2) is 0 Å². The predicted octanol–water partition coefficient (Wildman–Crippen LogP) is 3.83. The summed E-state index contributed by atoms with van der Waals surface area (Å²) in [6.07, 6.45) is 0. The Kier molecular flexibility index (Phi) is 5.09. The van der Waals surface area contributed by atoms with Gasteiger partial charge in [-0.3, -0.25) is 0 Å². The highest BCUT2D eigenvalue weighted by atomic mass is 32.2. The van der Waals surface area contributed by atoms with Crippen LogP contribution in [0.5, 0.6) is 0 Å². The van der Waals surface area contributed by atoms with Gasteiger partial charge in [-0.1, -0.05) is 39.8 Å². The standard InChI is InChI=1S/C14H22O3S2/c1-8(2)11-6-12(9(3)4)14(19(15,16)17)13(7-11)10(5)18/h6-10,18H,1-5H3,(H,15,16,17)/p-1. The smallest absolute Gasteiger partial charge is 0.125 e. The quantitative estimate of drug-likeness (QED) is 0.679. The molecule has 0 heterocycles. The van der Waals surface area contributed by atoms with Crippen molar-refractivity contribution in [3.8, 4) is 0 Å². The second kappa shape index (κ2) is 5.85. The van der Waals surface area contributed by atoms with Crippen molar-refractivity contribution < 1.29 is 13.0 Å². The fourth-order valence-corrected chi connectivity index (χ4v) is 3.46. The van der Waals surface area contributed by atoms with E-state index < -0.39 is 10.1 Å². The number of hydrogen-bond donors (Lipinski definition) is 1. The van der Waals surface area contributed by atoms with Crippen LogP contribution in [0.2, 0.25) is 0 Å². The predicted molar refractivity (Wildman–Crippen MR) is 80.0 cm³/mol. The molecule has 5 heteroatoms. The third-order valence-corrected chi connectivity index (χ3v) is 4.41. The van der Waals surface area contributed by atoms with Gasteiger partial charge in [0.1, 0.15) is 10.1 Å². The van der Waals surface area contributed by atoms with Crippen molar-refractivity contribution in [2.75, 3.05) is 0 Å². The first kappa shape index (κ1) is 16.5. The highest BCUT2D eigenvalue weighted by Crippen LogP contribution is 2.35. The van der Waals surface area contributed by atoms with Crippen LogP contribution in [-0.4, -0.2) is 13.0 Å². The second-order valence-corrected chi connectivity index (χ2v) is 7.56. The molecule has 1 aromatic carbocycles. The molecule has 108 valence electrons. The second-order valence-electron chi connectivity index (χ2n) is 5.47. The van der Waals surface area contributed by atoms with Gasteiger partial charge in [-0.15, -0.1) is 0 Å². The van der Waals surface area contributed by atoms with Crippen molar-refractivity contribution in [3.63, 3.8) is 0 Å². The highest BCUT2D eigenvalue weighted by Gasteiger charge is 2.21. The van der Waals surface area contributed by atoms with Crippen LogP contribution < -0.4 is 0 Å². The van der Waals surface area contributed by atoms with E-state index in [4.69, 9.17) is 0 Å². The summed E-state index contributed by atoms with van der Waals surface area (Å²) in [5.41, 5.74) is 2.14. The van der Waals surface area contributed by atoms with E-state index in [1.165, 1.54) is 0 Å². The van der Waals surface area contributed by atoms with E-state index in [0.29, 0.717) is 11.1 Å². The third-order valence-electron chi connectivity index (χ3n) is 3.16. The minimum atomic E-state index is -4.50. The van der Waals surface area contributed by atoms with Crippen molar-refractivity contribution in [3.05, 3.63) is 28.8 Å². The zero-order chi connectivity index (χ0) is 15.0. The largest absolute Gasteiger partial charge is 0.744 e. The van der Waals surface area contributed by atoms with Crippen molar-refractivity contribution in [2.24, 2.45) is 0 Å². The Bertz CT molecular complexity index is 529. The van der Waals surface area contributed by atoms with Gasteiger partial charge in [0, 0.05) is 5.25 Å². The van der Waals surface area contributed by atoms with Crippen LogP contribution in [0.3, 0.4) is 0 Å². The fraction of sp³-hybridized carbons (Fsp3) is 0.571. The van der Waals surface area contributed by atoms with Gasteiger partial charge >= 0.3 is 0 Å². The van der Waals surface area contributed by atoms with Crippen LogP contribution in [0, 0.1) is 0 Å². The zero-order valence-electron chi connectivity index (χ0n) is 12.0. The van der Waals surface area contributed by atoms with Crippen LogP contribution in [0.25, 0.3) is 0 Å². The minimum absolute atomic E-state index is 0.0248. The van der Waals surface area contributed by atoms with Gasteiger partial charge in [0.05, 0.1) is 4.90 Å². The van der Waals surface area contributed by atoms with E-state index in [2.05, 4.69) is 12.6 Å². The third kappa shape index (κ3) is 3.74. The van der Waals surface area contributed by atoms with Crippen molar-refractivity contribution in [2.45, 2.75) is 56.6 Å². The van der Waals surface area contributed by atoms with E-state index >= 15 is 0 Å². The summed E-state index contributed by atoms with van der Waals surface area (Å²) < 4.78 is 34.7. The van der Waals surface area contributed by atoms with Gasteiger partial charge in [0.25, 0.3) is 0 Å². The molecule has 0 fully saturated rings. The lowest BCUT2D eigenvalue weighted by Gasteiger charge is -2.24. The lowest BCUT2D eigenvalue weighted by Crippen LogP contribution is -2.11. The minimum Gasteiger partial charge on any atom is -0.744 e. The normalized spacial score (nSPS) is 14.2. The SMILES string of the molecule is CC(C)c1cc(C(C)C)c(S(=O)(=O)[O-])c(C(C)S)c1. The molecule has 0 spiro atoms. The molecule has 1 aromatic rings. The Balaban J connectivity index is 3.77. The average Bonchev–Trinajstić information content (AvgIpc) is 2.25. The van der Waals surface area contributed by atoms with Crippen LogP contribution >= 0.6 is 12.6 Å². The Hall–Kier alpha value is -0.520. The van der Waals surface area contributed by atoms with Gasteiger partial charge in [-0.05, 0) is 35.4 Å². The molecule has 19 heavy (non-hydrogen) atoms. The number of benzene rings is 1. The lowest BCUT2D eigenvalue weighted by atomic mass is 9.92. The summed E-state index contributed by atoms with van der Waals surface area (Å²) in [4.78, 5) is -0.0885. The molecule has 0 aliphatic heterocycles. The molecule has 0 N–H and O–H groups in total. The highest BCUT2D eigenvalue weighted by molar-refractivity contribution is 7.86. The van der Waals surface area contributed by atoms with E-state index in [9.17, 15) is 13.0 Å². The molecule has 0 aromatic heterocycles. The fourth-order valence-electron chi connectivity index (χ4n) is 2.06. The molecule has 1 atom stereocenters. The molecule has 0 amide bonds. The molecule has 0 aliphatic carbocycles. The molecular weight excluding hydrogens is 280 g/mol. The molecule has 0 saturated carbocycles. The van der Waals surface area contributed by atoms with Gasteiger partial charge in [0.2, 0.25) is 0 Å². The van der Waals surface area contributed by atoms with E-state index in [0.717, 1.165) is 5.56 Å².